The van der Waals surface area contributed by atoms with E-state index in [0.717, 1.165) is 0 Å². The van der Waals surface area contributed by atoms with Crippen LogP contribution in [0.1, 0.15) is 13.2 Å². The van der Waals surface area contributed by atoms with Gasteiger partial charge in [0.15, 0.2) is 6.23 Å². The standard InChI is InChI=1S/C6H11N2O.F6P/c1-6(9)8-4-3-7(2)5-8;1-7(2,3,4,5)6/h3-6,9H,1-2H3;/q+1;-1. The molecule has 0 radical (unpaired) electrons. The van der Waals surface area contributed by atoms with Gasteiger partial charge < -0.3 is 5.11 Å². The first-order chi connectivity index (χ1) is 6.65. The van der Waals surface area contributed by atoms with E-state index in [4.69, 9.17) is 5.11 Å². The average Bonchev–Trinajstić information content (AvgIpc) is 2.27. The Hall–Kier alpha value is -0.820. The van der Waals surface area contributed by atoms with E-state index in [9.17, 15) is 25.2 Å². The van der Waals surface area contributed by atoms with E-state index in [1.165, 1.54) is 0 Å². The second-order valence-corrected chi connectivity index (χ2v) is 5.03. The molecule has 0 aliphatic heterocycles. The molecule has 0 bridgehead atoms. The third-order valence-corrected chi connectivity index (χ3v) is 1.22. The number of hydrogen-bond acceptors (Lipinski definition) is 1. The fraction of sp³-hybridized carbons (Fsp3) is 0.500. The molecule has 0 saturated heterocycles. The van der Waals surface area contributed by atoms with E-state index in [0.29, 0.717) is 0 Å². The Balaban J connectivity index is 0.000000293. The number of nitrogens with zero attached hydrogens (tertiary/aromatic N) is 2. The molecule has 10 heteroatoms. The minimum atomic E-state index is -10.7. The SMILES string of the molecule is CC(O)[n+]1ccn(C)c1.F[P-](F)(F)(F)(F)F. The van der Waals surface area contributed by atoms with Crippen LogP contribution in [0.25, 0.3) is 0 Å². The molecule has 0 amide bonds. The summed E-state index contributed by atoms with van der Waals surface area (Å²) in [5.41, 5.74) is 0. The summed E-state index contributed by atoms with van der Waals surface area (Å²) >= 11 is 0. The molecule has 0 spiro atoms. The molecule has 1 N–H and O–H groups in total. The first-order valence-electron chi connectivity index (χ1n) is 3.92. The molecule has 1 rings (SSSR count). The molecule has 1 atom stereocenters. The monoisotopic (exact) mass is 272 g/mol. The number of aromatic nitrogens is 2. The Kier molecular flexibility index (Phi) is 3.41. The van der Waals surface area contributed by atoms with Crippen LogP contribution in [0.4, 0.5) is 25.2 Å². The van der Waals surface area contributed by atoms with Crippen LogP contribution in [0.2, 0.25) is 0 Å². The van der Waals surface area contributed by atoms with Crippen molar-refractivity contribution < 1.29 is 34.9 Å². The Labute approximate surface area is 87.2 Å². The van der Waals surface area contributed by atoms with Gasteiger partial charge in [-0.3, -0.25) is 0 Å². The molecule has 1 unspecified atom stereocenters. The number of halogens is 6. The van der Waals surface area contributed by atoms with Gasteiger partial charge in [0.1, 0.15) is 12.4 Å². The van der Waals surface area contributed by atoms with Crippen molar-refractivity contribution in [2.24, 2.45) is 7.05 Å². The predicted octanol–water partition coefficient (Wildman–Crippen LogP) is 3.21. The van der Waals surface area contributed by atoms with Crippen molar-refractivity contribution in [1.29, 1.82) is 0 Å². The third kappa shape index (κ3) is 13.2. The van der Waals surface area contributed by atoms with Gasteiger partial charge in [-0.05, 0) is 0 Å². The van der Waals surface area contributed by atoms with Crippen molar-refractivity contribution in [3.63, 3.8) is 0 Å². The van der Waals surface area contributed by atoms with Crippen molar-refractivity contribution >= 4 is 7.81 Å². The summed E-state index contributed by atoms with van der Waals surface area (Å²) < 4.78 is 62.8. The molecule has 0 aromatic carbocycles. The van der Waals surface area contributed by atoms with E-state index >= 15 is 0 Å². The van der Waals surface area contributed by atoms with E-state index in [2.05, 4.69) is 0 Å². The van der Waals surface area contributed by atoms with Gasteiger partial charge in [0.25, 0.3) is 0 Å². The quantitative estimate of drug-likeness (QED) is 0.474. The summed E-state index contributed by atoms with van der Waals surface area (Å²) in [5, 5.41) is 8.99. The van der Waals surface area contributed by atoms with Gasteiger partial charge in [-0.25, -0.2) is 9.13 Å². The Morgan fingerprint density at radius 3 is 1.69 bits per heavy atom. The molecular weight excluding hydrogens is 261 g/mol. The van der Waals surface area contributed by atoms with Crippen LogP contribution < -0.4 is 4.57 Å². The molecule has 98 valence electrons. The summed E-state index contributed by atoms with van der Waals surface area (Å²) in [7, 11) is -8.74. The number of aryl methyl sites for hydroxylation is 1. The van der Waals surface area contributed by atoms with Crippen molar-refractivity contribution in [3.05, 3.63) is 18.7 Å². The maximum absolute atomic E-state index is 10.7. The second kappa shape index (κ2) is 3.59. The minimum absolute atomic E-state index is 0.425. The van der Waals surface area contributed by atoms with Gasteiger partial charge in [-0.15, -0.1) is 0 Å². The van der Waals surface area contributed by atoms with Crippen LogP contribution in [0.3, 0.4) is 0 Å². The van der Waals surface area contributed by atoms with Crippen LogP contribution in [-0.4, -0.2) is 9.67 Å². The molecule has 1 heterocycles. The number of aliphatic hydroxyl groups excluding tert-OH is 1. The van der Waals surface area contributed by atoms with Gasteiger partial charge in [0, 0.05) is 6.92 Å². The molecule has 0 aliphatic carbocycles. The van der Waals surface area contributed by atoms with Gasteiger partial charge in [0.05, 0.1) is 7.05 Å². The molecule has 3 nitrogen and oxygen atoms in total. The second-order valence-electron chi connectivity index (χ2n) is 3.12. The molecule has 0 saturated carbocycles. The maximum atomic E-state index is 9.87. The molecule has 1 aromatic rings. The van der Waals surface area contributed by atoms with E-state index in [-0.39, 0.29) is 0 Å². The van der Waals surface area contributed by atoms with Crippen molar-refractivity contribution in [1.82, 2.24) is 4.57 Å². The van der Waals surface area contributed by atoms with Crippen LogP contribution in [0.5, 0.6) is 0 Å². The van der Waals surface area contributed by atoms with E-state index < -0.39 is 14.0 Å². The fourth-order valence-corrected chi connectivity index (χ4v) is 0.690. The Bertz CT molecular complexity index is 344. The molecule has 0 fully saturated rings. The molecule has 0 aliphatic rings. The average molecular weight is 272 g/mol. The van der Waals surface area contributed by atoms with Crippen molar-refractivity contribution in [3.8, 4) is 0 Å². The third-order valence-electron chi connectivity index (χ3n) is 1.22. The Morgan fingerprint density at radius 1 is 1.19 bits per heavy atom. The molecular formula is C6H11F6N2OP. The van der Waals surface area contributed by atoms with Gasteiger partial charge >= 0.3 is 33.0 Å². The molecule has 16 heavy (non-hydrogen) atoms. The van der Waals surface area contributed by atoms with Crippen molar-refractivity contribution in [2.45, 2.75) is 13.2 Å². The van der Waals surface area contributed by atoms with Crippen LogP contribution in [0, 0.1) is 0 Å². The molecule has 1 aromatic heterocycles. The van der Waals surface area contributed by atoms with Gasteiger partial charge in [-0.2, -0.15) is 0 Å². The van der Waals surface area contributed by atoms with Crippen LogP contribution in [0.15, 0.2) is 18.7 Å². The predicted molar refractivity (Wildman–Crippen MR) is 46.1 cm³/mol. The topological polar surface area (TPSA) is 29.0 Å². The first kappa shape index (κ1) is 15.2. The zero-order valence-electron chi connectivity index (χ0n) is 8.37. The number of hydrogen-bond donors (Lipinski definition) is 1. The summed E-state index contributed by atoms with van der Waals surface area (Å²) in [6, 6.07) is 0. The summed E-state index contributed by atoms with van der Waals surface area (Å²) in [6.45, 7) is 1.72. The zero-order valence-corrected chi connectivity index (χ0v) is 9.26. The first-order valence-corrected chi connectivity index (χ1v) is 5.95. The van der Waals surface area contributed by atoms with Crippen LogP contribution >= 0.6 is 7.81 Å². The summed E-state index contributed by atoms with van der Waals surface area (Å²) in [6.07, 6.45) is 5.10. The van der Waals surface area contributed by atoms with E-state index in [1.54, 1.807) is 11.5 Å². The number of aliphatic hydroxyl groups is 1. The van der Waals surface area contributed by atoms with Crippen LogP contribution in [-0.2, 0) is 7.05 Å². The summed E-state index contributed by atoms with van der Waals surface area (Å²) in [4.78, 5) is 0. The van der Waals surface area contributed by atoms with Gasteiger partial charge in [0.2, 0.25) is 6.33 Å². The number of rotatable bonds is 1. The Morgan fingerprint density at radius 2 is 1.56 bits per heavy atom. The van der Waals surface area contributed by atoms with Gasteiger partial charge in [-0.1, -0.05) is 0 Å². The normalized spacial score (nSPS) is 17.8. The summed E-state index contributed by atoms with van der Waals surface area (Å²) in [5.74, 6) is 0. The fourth-order valence-electron chi connectivity index (χ4n) is 0.690. The number of imidazole rings is 1. The zero-order chi connectivity index (χ0) is 13.3. The van der Waals surface area contributed by atoms with E-state index in [1.807, 2.05) is 30.3 Å². The van der Waals surface area contributed by atoms with Crippen molar-refractivity contribution in [2.75, 3.05) is 0 Å².